The number of anilines is 3. The Morgan fingerprint density at radius 2 is 1.81 bits per heavy atom. The number of alkyl halides is 3. The molecule has 1 aliphatic rings. The second-order valence-electron chi connectivity index (χ2n) is 6.97. The summed E-state index contributed by atoms with van der Waals surface area (Å²) in [5.41, 5.74) is 0.402. The van der Waals surface area contributed by atoms with Gasteiger partial charge in [0.15, 0.2) is 0 Å². The molecule has 7 heteroatoms. The molecular formula is C19H20F3N3O. The van der Waals surface area contributed by atoms with Crippen LogP contribution >= 0.6 is 0 Å². The molecule has 138 valence electrons. The molecule has 1 aliphatic heterocycles. The van der Waals surface area contributed by atoms with Crippen LogP contribution in [0, 0.1) is 0 Å². The van der Waals surface area contributed by atoms with Crippen LogP contribution in [0.5, 0.6) is 0 Å². The lowest BCUT2D eigenvalue weighted by Crippen LogP contribution is -2.50. The second kappa shape index (κ2) is 6.55. The monoisotopic (exact) mass is 363 g/mol. The fraction of sp³-hybridized carbons (Fsp3) is 0.316. The number of hydrogen-bond acceptors (Lipinski definition) is 3. The van der Waals surface area contributed by atoms with E-state index in [0.29, 0.717) is 6.54 Å². The van der Waals surface area contributed by atoms with Gasteiger partial charge in [0.25, 0.3) is 0 Å². The molecule has 0 atom stereocenters. The Hall–Kier alpha value is -2.70. The third-order valence-corrected chi connectivity index (χ3v) is 4.14. The molecule has 0 radical (unpaired) electrons. The van der Waals surface area contributed by atoms with Crippen molar-refractivity contribution in [3.63, 3.8) is 0 Å². The van der Waals surface area contributed by atoms with Gasteiger partial charge < -0.3 is 15.5 Å². The van der Waals surface area contributed by atoms with Crippen molar-refractivity contribution in [2.45, 2.75) is 25.6 Å². The fourth-order valence-corrected chi connectivity index (χ4v) is 3.16. The van der Waals surface area contributed by atoms with Gasteiger partial charge in [-0.15, -0.1) is 0 Å². The summed E-state index contributed by atoms with van der Waals surface area (Å²) in [7, 11) is 0. The van der Waals surface area contributed by atoms with E-state index >= 15 is 0 Å². The summed E-state index contributed by atoms with van der Waals surface area (Å²) in [6.07, 6.45) is -4.52. The molecule has 1 heterocycles. The van der Waals surface area contributed by atoms with E-state index in [0.717, 1.165) is 17.4 Å². The average molecular weight is 363 g/mol. The molecule has 0 aliphatic carbocycles. The molecule has 0 unspecified atom stereocenters. The number of fused-ring (bicyclic) bond motifs is 1. The van der Waals surface area contributed by atoms with Crippen LogP contribution in [0.1, 0.15) is 19.4 Å². The summed E-state index contributed by atoms with van der Waals surface area (Å²) < 4.78 is 39.3. The maximum absolute atomic E-state index is 13.1. The second-order valence-corrected chi connectivity index (χ2v) is 6.97. The zero-order valence-electron chi connectivity index (χ0n) is 14.5. The van der Waals surface area contributed by atoms with Gasteiger partial charge in [0.1, 0.15) is 0 Å². The van der Waals surface area contributed by atoms with Crippen LogP contribution in [-0.4, -0.2) is 24.5 Å². The lowest BCUT2D eigenvalue weighted by atomic mass is 9.99. The number of hydrogen-bond donors (Lipinski definition) is 2. The molecular weight excluding hydrogens is 343 g/mol. The minimum absolute atomic E-state index is 0.0334. The highest BCUT2D eigenvalue weighted by Gasteiger charge is 2.34. The van der Waals surface area contributed by atoms with Crippen molar-refractivity contribution in [1.82, 2.24) is 0 Å². The van der Waals surface area contributed by atoms with E-state index in [1.54, 1.807) is 0 Å². The Morgan fingerprint density at radius 3 is 2.54 bits per heavy atom. The van der Waals surface area contributed by atoms with E-state index < -0.39 is 17.6 Å². The minimum atomic E-state index is -4.52. The zero-order valence-corrected chi connectivity index (χ0v) is 14.5. The molecule has 4 nitrogen and oxygen atoms in total. The van der Waals surface area contributed by atoms with Gasteiger partial charge >= 0.3 is 6.18 Å². The summed E-state index contributed by atoms with van der Waals surface area (Å²) in [5, 5.41) is 5.80. The molecule has 0 aromatic heterocycles. The number of carbonyl (C=O) groups is 1. The van der Waals surface area contributed by atoms with E-state index in [2.05, 4.69) is 10.6 Å². The SMILES string of the molecule is CC1(C)CN(CC(=O)Nc2ccccc2C(F)(F)F)c2ccccc2N1. The summed E-state index contributed by atoms with van der Waals surface area (Å²) in [5.74, 6) is -0.491. The van der Waals surface area contributed by atoms with E-state index in [9.17, 15) is 18.0 Å². The van der Waals surface area contributed by atoms with Crippen LogP contribution < -0.4 is 15.5 Å². The molecule has 0 saturated heterocycles. The summed E-state index contributed by atoms with van der Waals surface area (Å²) in [4.78, 5) is 14.3. The predicted octanol–water partition coefficient (Wildman–Crippen LogP) is 4.35. The fourth-order valence-electron chi connectivity index (χ4n) is 3.16. The molecule has 0 fully saturated rings. The Balaban J connectivity index is 1.79. The van der Waals surface area contributed by atoms with Crippen LogP contribution in [0.15, 0.2) is 48.5 Å². The topological polar surface area (TPSA) is 44.4 Å². The average Bonchev–Trinajstić information content (AvgIpc) is 2.53. The van der Waals surface area contributed by atoms with E-state index in [-0.39, 0.29) is 17.8 Å². The van der Waals surface area contributed by atoms with Crippen molar-refractivity contribution >= 4 is 23.0 Å². The van der Waals surface area contributed by atoms with Crippen LogP contribution in [0.3, 0.4) is 0 Å². The number of para-hydroxylation sites is 3. The van der Waals surface area contributed by atoms with Gasteiger partial charge in [-0.05, 0) is 38.1 Å². The van der Waals surface area contributed by atoms with Crippen LogP contribution in [-0.2, 0) is 11.0 Å². The van der Waals surface area contributed by atoms with Gasteiger partial charge in [0.2, 0.25) is 5.91 Å². The van der Waals surface area contributed by atoms with Crippen LogP contribution in [0.25, 0.3) is 0 Å². The predicted molar refractivity (Wildman–Crippen MR) is 96.4 cm³/mol. The quantitative estimate of drug-likeness (QED) is 0.852. The number of nitrogens with zero attached hydrogens (tertiary/aromatic N) is 1. The van der Waals surface area contributed by atoms with Crippen LogP contribution in [0.4, 0.5) is 30.2 Å². The number of amides is 1. The third kappa shape index (κ3) is 3.92. The maximum Gasteiger partial charge on any atom is 0.418 e. The highest BCUT2D eigenvalue weighted by atomic mass is 19.4. The number of halogens is 3. The maximum atomic E-state index is 13.1. The number of benzene rings is 2. The van der Waals surface area contributed by atoms with Crippen molar-refractivity contribution in [2.24, 2.45) is 0 Å². The number of carbonyl (C=O) groups excluding carboxylic acids is 1. The number of rotatable bonds is 3. The Labute approximate surface area is 150 Å². The highest BCUT2D eigenvalue weighted by Crippen LogP contribution is 2.36. The lowest BCUT2D eigenvalue weighted by molar-refractivity contribution is -0.137. The summed E-state index contributed by atoms with van der Waals surface area (Å²) in [6.45, 7) is 4.53. The van der Waals surface area contributed by atoms with Gasteiger partial charge in [-0.3, -0.25) is 4.79 Å². The largest absolute Gasteiger partial charge is 0.418 e. The first-order chi connectivity index (χ1) is 12.2. The smallest absolute Gasteiger partial charge is 0.377 e. The van der Waals surface area contributed by atoms with Gasteiger partial charge in [0.05, 0.1) is 29.2 Å². The molecule has 3 rings (SSSR count). The van der Waals surface area contributed by atoms with Gasteiger partial charge in [-0.25, -0.2) is 0 Å². The summed E-state index contributed by atoms with van der Waals surface area (Å²) >= 11 is 0. The first-order valence-corrected chi connectivity index (χ1v) is 8.24. The van der Waals surface area contributed by atoms with E-state index in [4.69, 9.17) is 0 Å². The third-order valence-electron chi connectivity index (χ3n) is 4.14. The first kappa shape index (κ1) is 18.1. The van der Waals surface area contributed by atoms with Gasteiger partial charge in [-0.1, -0.05) is 24.3 Å². The van der Waals surface area contributed by atoms with E-state index in [1.165, 1.54) is 18.2 Å². The standard InChI is InChI=1S/C19H20F3N3O/c1-18(2)12-25(16-10-6-5-9-15(16)24-18)11-17(26)23-14-8-4-3-7-13(14)19(20,21)22/h3-10,24H,11-12H2,1-2H3,(H,23,26). The molecule has 26 heavy (non-hydrogen) atoms. The molecule has 2 N–H and O–H groups in total. The Kier molecular flexibility index (Phi) is 4.56. The molecule has 0 bridgehead atoms. The minimum Gasteiger partial charge on any atom is -0.377 e. The first-order valence-electron chi connectivity index (χ1n) is 8.24. The molecule has 2 aromatic carbocycles. The van der Waals surface area contributed by atoms with Gasteiger partial charge in [-0.2, -0.15) is 13.2 Å². The van der Waals surface area contributed by atoms with Crippen LogP contribution in [0.2, 0.25) is 0 Å². The van der Waals surface area contributed by atoms with Crippen molar-refractivity contribution < 1.29 is 18.0 Å². The van der Waals surface area contributed by atoms with Crippen molar-refractivity contribution in [3.05, 3.63) is 54.1 Å². The Morgan fingerprint density at radius 1 is 1.15 bits per heavy atom. The molecule has 0 spiro atoms. The Bertz CT molecular complexity index is 818. The lowest BCUT2D eigenvalue weighted by Gasteiger charge is -2.41. The van der Waals surface area contributed by atoms with Gasteiger partial charge in [0, 0.05) is 12.1 Å². The highest BCUT2D eigenvalue weighted by molar-refractivity contribution is 5.95. The molecule has 1 amide bonds. The summed E-state index contributed by atoms with van der Waals surface area (Å²) in [6, 6.07) is 12.5. The van der Waals surface area contributed by atoms with Crippen molar-refractivity contribution in [2.75, 3.05) is 28.6 Å². The zero-order chi connectivity index (χ0) is 18.9. The van der Waals surface area contributed by atoms with E-state index in [1.807, 2.05) is 43.0 Å². The number of nitrogens with one attached hydrogen (secondary N) is 2. The molecule has 2 aromatic rings. The van der Waals surface area contributed by atoms with Crippen molar-refractivity contribution in [1.29, 1.82) is 0 Å². The molecule has 0 saturated carbocycles. The normalized spacial score (nSPS) is 15.8. The van der Waals surface area contributed by atoms with Crippen molar-refractivity contribution in [3.8, 4) is 0 Å².